The average molecular weight is 487 g/mol. The Morgan fingerprint density at radius 1 is 1.26 bits per heavy atom. The van der Waals surface area contributed by atoms with Gasteiger partial charge in [-0.3, -0.25) is 4.90 Å². The van der Waals surface area contributed by atoms with Gasteiger partial charge in [0.2, 0.25) is 0 Å². The van der Waals surface area contributed by atoms with Gasteiger partial charge in [-0.15, -0.1) is 0 Å². The van der Waals surface area contributed by atoms with E-state index in [1.807, 2.05) is 43.8 Å². The molecule has 0 radical (unpaired) electrons. The first-order chi connectivity index (χ1) is 16.0. The highest BCUT2D eigenvalue weighted by atomic mass is 28.3. The summed E-state index contributed by atoms with van der Waals surface area (Å²) in [5.41, 5.74) is 1.65. The number of hydrogen-bond acceptors (Lipinski definition) is 7. The van der Waals surface area contributed by atoms with Crippen LogP contribution in [0.15, 0.2) is 24.8 Å². The number of carbonyl (C=O) groups excluding carboxylic acids is 1. The molecule has 1 amide bonds. The number of fused-ring (bicyclic) bond motifs is 2. The summed E-state index contributed by atoms with van der Waals surface area (Å²) in [6.45, 7) is 13.6. The summed E-state index contributed by atoms with van der Waals surface area (Å²) in [5.74, 6) is 0.640. The van der Waals surface area contributed by atoms with Crippen molar-refractivity contribution in [1.82, 2.24) is 29.2 Å². The normalized spacial score (nSPS) is 16.3. The van der Waals surface area contributed by atoms with E-state index in [1.54, 1.807) is 4.68 Å². The number of hydrogen-bond donors (Lipinski definition) is 1. The predicted octanol–water partition coefficient (Wildman–Crippen LogP) is 3.71. The van der Waals surface area contributed by atoms with E-state index in [0.29, 0.717) is 18.2 Å². The van der Waals surface area contributed by atoms with Gasteiger partial charge in [0.05, 0.1) is 30.3 Å². The molecule has 1 aliphatic heterocycles. The Kier molecular flexibility index (Phi) is 6.54. The van der Waals surface area contributed by atoms with E-state index < -0.39 is 25.8 Å². The van der Waals surface area contributed by atoms with Crippen molar-refractivity contribution in [3.05, 3.63) is 36.0 Å². The van der Waals surface area contributed by atoms with Crippen molar-refractivity contribution in [1.29, 1.82) is 0 Å². The summed E-state index contributed by atoms with van der Waals surface area (Å²) in [6, 6.07) is 2.55. The van der Waals surface area contributed by atoms with E-state index >= 15 is 0 Å². The van der Waals surface area contributed by atoms with Crippen LogP contribution < -0.4 is 0 Å². The molecule has 184 valence electrons. The number of nitrogens with zero attached hydrogens (tertiary/aromatic N) is 6. The quantitative estimate of drug-likeness (QED) is 0.401. The molecular weight excluding hydrogens is 452 g/mol. The lowest BCUT2D eigenvalue weighted by molar-refractivity contribution is 0.0107. The van der Waals surface area contributed by atoms with Crippen LogP contribution in [0.5, 0.6) is 0 Å². The van der Waals surface area contributed by atoms with Gasteiger partial charge in [-0.2, -0.15) is 5.10 Å². The van der Waals surface area contributed by atoms with Gasteiger partial charge in [-0.1, -0.05) is 19.6 Å². The minimum atomic E-state index is -1.14. The zero-order valence-corrected chi connectivity index (χ0v) is 21.8. The summed E-state index contributed by atoms with van der Waals surface area (Å²) in [6.07, 6.45) is 4.81. The van der Waals surface area contributed by atoms with Crippen LogP contribution in [0, 0.1) is 0 Å². The summed E-state index contributed by atoms with van der Waals surface area (Å²) in [4.78, 5) is 23.0. The number of carbonyl (C=O) groups is 1. The van der Waals surface area contributed by atoms with Crippen LogP contribution in [0.2, 0.25) is 25.7 Å². The molecule has 34 heavy (non-hydrogen) atoms. The molecule has 0 saturated carbocycles. The molecule has 3 aromatic heterocycles. The maximum Gasteiger partial charge on any atom is 0.411 e. The van der Waals surface area contributed by atoms with Gasteiger partial charge in [-0.05, 0) is 32.9 Å². The predicted molar refractivity (Wildman–Crippen MR) is 130 cm³/mol. The minimum absolute atomic E-state index is 0.220. The van der Waals surface area contributed by atoms with Crippen molar-refractivity contribution in [2.45, 2.75) is 71.4 Å². The van der Waals surface area contributed by atoms with E-state index in [4.69, 9.17) is 9.47 Å². The van der Waals surface area contributed by atoms with E-state index in [2.05, 4.69) is 34.7 Å². The smallest absolute Gasteiger partial charge is 0.411 e. The molecule has 4 heterocycles. The lowest BCUT2D eigenvalue weighted by Crippen LogP contribution is -2.37. The minimum Gasteiger partial charge on any atom is -0.444 e. The first-order valence-electron chi connectivity index (χ1n) is 11.5. The molecule has 4 rings (SSSR count). The Morgan fingerprint density at radius 2 is 2.03 bits per heavy atom. The third kappa shape index (κ3) is 5.16. The van der Waals surface area contributed by atoms with Crippen LogP contribution in [0.4, 0.5) is 4.79 Å². The summed E-state index contributed by atoms with van der Waals surface area (Å²) in [5, 5.41) is 15.5. The Balaban J connectivity index is 1.54. The fraction of sp³-hybridized carbons (Fsp3) is 0.565. The molecule has 0 aliphatic carbocycles. The van der Waals surface area contributed by atoms with E-state index in [-0.39, 0.29) is 13.2 Å². The molecule has 11 heteroatoms. The highest BCUT2D eigenvalue weighted by Gasteiger charge is 2.38. The molecule has 1 N–H and O–H groups in total. The number of aliphatic hydroxyl groups excluding tert-OH is 1. The maximum atomic E-state index is 12.6. The lowest BCUT2D eigenvalue weighted by Gasteiger charge is -2.28. The molecule has 0 bridgehead atoms. The zero-order valence-electron chi connectivity index (χ0n) is 20.8. The van der Waals surface area contributed by atoms with Gasteiger partial charge < -0.3 is 19.1 Å². The van der Waals surface area contributed by atoms with Gasteiger partial charge in [0.15, 0.2) is 5.82 Å². The number of amides is 1. The Bertz CT molecular complexity index is 1180. The Hall–Kier alpha value is -2.76. The molecule has 0 unspecified atom stereocenters. The Morgan fingerprint density at radius 3 is 2.71 bits per heavy atom. The van der Waals surface area contributed by atoms with Gasteiger partial charge >= 0.3 is 6.09 Å². The van der Waals surface area contributed by atoms with Crippen LogP contribution in [-0.4, -0.2) is 67.3 Å². The number of aromatic nitrogens is 5. The van der Waals surface area contributed by atoms with Crippen molar-refractivity contribution < 1.29 is 19.4 Å². The van der Waals surface area contributed by atoms with Gasteiger partial charge in [0, 0.05) is 32.6 Å². The molecule has 0 aromatic carbocycles. The summed E-state index contributed by atoms with van der Waals surface area (Å²) < 4.78 is 15.0. The fourth-order valence-electron chi connectivity index (χ4n) is 3.90. The van der Waals surface area contributed by atoms with E-state index in [0.717, 1.165) is 29.2 Å². The largest absolute Gasteiger partial charge is 0.444 e. The molecule has 0 saturated heterocycles. The molecule has 0 fully saturated rings. The highest BCUT2D eigenvalue weighted by Crippen LogP contribution is 2.35. The maximum absolute atomic E-state index is 12.6. The average Bonchev–Trinajstić information content (AvgIpc) is 3.41. The monoisotopic (exact) mass is 486 g/mol. The van der Waals surface area contributed by atoms with E-state index in [1.165, 1.54) is 11.2 Å². The first kappa shape index (κ1) is 24.4. The molecule has 10 nitrogen and oxygen atoms in total. The van der Waals surface area contributed by atoms with Gasteiger partial charge in [0.1, 0.15) is 24.3 Å². The molecular formula is C23H34N6O4Si. The topological polar surface area (TPSA) is 108 Å². The molecule has 3 aromatic rings. The lowest BCUT2D eigenvalue weighted by atomic mass is 10.1. The van der Waals surface area contributed by atoms with Gasteiger partial charge in [-0.25, -0.2) is 19.4 Å². The third-order valence-corrected chi connectivity index (χ3v) is 7.36. The number of aliphatic hydroxyl groups is 1. The third-order valence-electron chi connectivity index (χ3n) is 5.66. The second-order valence-electron chi connectivity index (χ2n) is 10.9. The van der Waals surface area contributed by atoms with Crippen LogP contribution >= 0.6 is 0 Å². The van der Waals surface area contributed by atoms with Crippen molar-refractivity contribution in [2.75, 3.05) is 13.2 Å². The molecule has 0 spiro atoms. The standard InChI is InChI=1S/C23H34N6O4Si/c1-23(2,3)33-22(31)28-12-18-17(19(28)13-30)11-29(26-18)21-16-7-8-27(20(16)24-14-25-21)15-32-9-10-34(4,5)6/h7-8,11,14,19,30H,9-10,12-13,15H2,1-6H3/t19-/m1/s1. The van der Waals surface area contributed by atoms with Crippen LogP contribution in [-0.2, 0) is 22.7 Å². The van der Waals surface area contributed by atoms with Crippen molar-refractivity contribution in [3.8, 4) is 5.82 Å². The second kappa shape index (κ2) is 9.12. The summed E-state index contributed by atoms with van der Waals surface area (Å²) in [7, 11) is -1.14. The molecule has 1 atom stereocenters. The molecule has 1 aliphatic rings. The first-order valence-corrected chi connectivity index (χ1v) is 15.2. The van der Waals surface area contributed by atoms with Crippen molar-refractivity contribution in [2.24, 2.45) is 0 Å². The van der Waals surface area contributed by atoms with Crippen LogP contribution in [0.25, 0.3) is 16.9 Å². The highest BCUT2D eigenvalue weighted by molar-refractivity contribution is 6.76. The second-order valence-corrected chi connectivity index (χ2v) is 16.5. The van der Waals surface area contributed by atoms with Gasteiger partial charge in [0.25, 0.3) is 0 Å². The van der Waals surface area contributed by atoms with Crippen LogP contribution in [0.3, 0.4) is 0 Å². The number of ether oxygens (including phenoxy) is 2. The SMILES string of the molecule is CC(C)(C)OC(=O)N1Cc2nn(-c3ncnc4c3ccn4COCC[Si](C)(C)C)cc2[C@H]1CO. The van der Waals surface area contributed by atoms with E-state index in [9.17, 15) is 9.90 Å². The van der Waals surface area contributed by atoms with Crippen molar-refractivity contribution in [3.63, 3.8) is 0 Å². The summed E-state index contributed by atoms with van der Waals surface area (Å²) >= 11 is 0. The number of rotatable bonds is 7. The fourth-order valence-corrected chi connectivity index (χ4v) is 4.66. The Labute approximate surface area is 200 Å². The van der Waals surface area contributed by atoms with Crippen molar-refractivity contribution >= 4 is 25.2 Å². The van der Waals surface area contributed by atoms with Crippen LogP contribution in [0.1, 0.15) is 38.1 Å². The zero-order chi connectivity index (χ0) is 24.7.